The molecule has 6 rings (SSSR count). The number of aromatic hydroxyl groups is 2. The van der Waals surface area contributed by atoms with Gasteiger partial charge in [-0.15, -0.1) is 0 Å². The van der Waals surface area contributed by atoms with Crippen molar-refractivity contribution in [2.45, 2.75) is 62.1 Å². The average molecular weight is 713 g/mol. The zero-order valence-corrected chi connectivity index (χ0v) is 28.0. The monoisotopic (exact) mass is 712 g/mol. The van der Waals surface area contributed by atoms with E-state index in [1.165, 1.54) is 14.0 Å². The molecule has 9 N–H and O–H groups in total. The molecule has 4 aliphatic rings. The molecule has 1 fully saturated rings. The van der Waals surface area contributed by atoms with Gasteiger partial charge in [0.15, 0.2) is 17.0 Å². The molecule has 0 amide bonds. The number of benzene rings is 2. The fraction of sp³-hybridized carbons (Fsp3) is 0.441. The Bertz CT molecular complexity index is 1970. The fourth-order valence-electron chi connectivity index (χ4n) is 7.98. The Morgan fingerprint density at radius 3 is 2.31 bits per heavy atom. The Labute approximate surface area is 289 Å². The first kappa shape index (κ1) is 36.1. The van der Waals surface area contributed by atoms with Crippen LogP contribution in [0.4, 0.5) is 5.69 Å². The van der Waals surface area contributed by atoms with Crippen LogP contribution >= 0.6 is 0 Å². The summed E-state index contributed by atoms with van der Waals surface area (Å²) in [7, 11) is 3.23. The molecule has 0 radical (unpaired) electrons. The standard InChI is InChI=1S/C34H36N2O15/c1-10-19(32(46)49-4)27(43)22-14(23(10)35)7-18(39)34(50-5)30(45)21-13(29(44)33(22,34)47)6-12-20(26(21)42)17(38)8-16(24(12)40)36-31-15(9-37)25(41)28(48-3)11(2)51-31/h6,8,11,15,18,25,28,31,36-37,39,41-43,47H,7,9,35H2,1-5H3/t11-,15+,18+,25-,28-,31-,33-,34+/m0/s1. The summed E-state index contributed by atoms with van der Waals surface area (Å²) in [5.74, 6) is -9.11. The molecule has 17 nitrogen and oxygen atoms in total. The van der Waals surface area contributed by atoms with Crippen LogP contribution in [0.5, 0.6) is 11.5 Å². The summed E-state index contributed by atoms with van der Waals surface area (Å²) in [5.41, 5.74) is -5.05. The predicted octanol–water partition coefficient (Wildman–Crippen LogP) is -1.07. The molecule has 0 spiro atoms. The van der Waals surface area contributed by atoms with Crippen molar-refractivity contribution in [3.8, 4) is 11.5 Å². The van der Waals surface area contributed by atoms with Crippen LogP contribution < -0.4 is 11.1 Å². The van der Waals surface area contributed by atoms with Crippen LogP contribution in [0.25, 0.3) is 0 Å². The predicted molar refractivity (Wildman–Crippen MR) is 170 cm³/mol. The lowest BCUT2D eigenvalue weighted by atomic mass is 9.56. The van der Waals surface area contributed by atoms with Crippen LogP contribution in [0, 0.1) is 12.8 Å². The van der Waals surface area contributed by atoms with E-state index >= 15 is 0 Å². The number of hydrogen-bond donors (Lipinski definition) is 8. The molecule has 1 saturated heterocycles. The second-order valence-electron chi connectivity index (χ2n) is 12.9. The molecular weight excluding hydrogens is 676 g/mol. The van der Waals surface area contributed by atoms with Crippen molar-refractivity contribution < 1.29 is 73.6 Å². The van der Waals surface area contributed by atoms with Gasteiger partial charge in [0.05, 0.1) is 54.8 Å². The number of nitrogen functional groups attached to an aromatic ring is 1. The van der Waals surface area contributed by atoms with Gasteiger partial charge in [0, 0.05) is 49.1 Å². The largest absolute Gasteiger partial charge is 0.507 e. The lowest BCUT2D eigenvalue weighted by Gasteiger charge is -2.53. The van der Waals surface area contributed by atoms with E-state index in [-0.39, 0.29) is 16.8 Å². The van der Waals surface area contributed by atoms with Crippen molar-refractivity contribution in [2.75, 3.05) is 33.7 Å². The van der Waals surface area contributed by atoms with Crippen molar-refractivity contribution in [3.05, 3.63) is 62.3 Å². The van der Waals surface area contributed by atoms with Gasteiger partial charge in [-0.05, 0) is 31.0 Å². The van der Waals surface area contributed by atoms with Crippen LogP contribution in [0.3, 0.4) is 0 Å². The van der Waals surface area contributed by atoms with Gasteiger partial charge < -0.3 is 60.6 Å². The molecule has 1 heterocycles. The molecular formula is C34H36N2O15. The van der Waals surface area contributed by atoms with Gasteiger partial charge >= 0.3 is 5.97 Å². The molecule has 1 aliphatic heterocycles. The molecule has 0 unspecified atom stereocenters. The van der Waals surface area contributed by atoms with Gasteiger partial charge in [-0.1, -0.05) is 0 Å². The lowest BCUT2D eigenvalue weighted by Crippen LogP contribution is -2.73. The molecule has 0 saturated carbocycles. The molecule has 51 heavy (non-hydrogen) atoms. The van der Waals surface area contributed by atoms with Gasteiger partial charge in [0.1, 0.15) is 29.4 Å². The maximum atomic E-state index is 14.6. The summed E-state index contributed by atoms with van der Waals surface area (Å²) < 4.78 is 21.3. The second kappa shape index (κ2) is 12.2. The summed E-state index contributed by atoms with van der Waals surface area (Å²) in [6.45, 7) is 2.31. The number of phenols is 2. The fourth-order valence-corrected chi connectivity index (χ4v) is 7.98. The number of aliphatic hydroxyl groups excluding tert-OH is 3. The van der Waals surface area contributed by atoms with E-state index in [1.54, 1.807) is 6.92 Å². The third-order valence-electron chi connectivity index (χ3n) is 10.6. The molecule has 2 aromatic carbocycles. The number of phenolic OH excluding ortho intramolecular Hbond substituents is 2. The minimum absolute atomic E-state index is 0.0125. The Morgan fingerprint density at radius 1 is 1.06 bits per heavy atom. The minimum Gasteiger partial charge on any atom is -0.507 e. The van der Waals surface area contributed by atoms with Crippen molar-refractivity contribution >= 4 is 34.8 Å². The number of ether oxygens (including phenoxy) is 4. The number of rotatable bonds is 6. The number of anilines is 1. The van der Waals surface area contributed by atoms with E-state index in [0.29, 0.717) is 0 Å². The molecule has 272 valence electrons. The topological polar surface area (TPSA) is 282 Å². The van der Waals surface area contributed by atoms with Crippen molar-refractivity contribution in [2.24, 2.45) is 5.92 Å². The van der Waals surface area contributed by atoms with E-state index in [2.05, 4.69) is 5.32 Å². The van der Waals surface area contributed by atoms with E-state index in [0.717, 1.165) is 26.4 Å². The van der Waals surface area contributed by atoms with Gasteiger partial charge in [-0.25, -0.2) is 4.79 Å². The highest BCUT2D eigenvalue weighted by atomic mass is 16.6. The summed E-state index contributed by atoms with van der Waals surface area (Å²) in [5, 5.41) is 70.4. The Balaban J connectivity index is 1.53. The number of nitrogens with two attached hydrogens (primary N) is 1. The number of allylic oxidation sites excluding steroid dienone is 2. The third-order valence-corrected chi connectivity index (χ3v) is 10.6. The number of nitrogens with one attached hydrogen (secondary N) is 1. The quantitative estimate of drug-likeness (QED) is 0.100. The summed E-state index contributed by atoms with van der Waals surface area (Å²) >= 11 is 0. The number of esters is 1. The van der Waals surface area contributed by atoms with Crippen LogP contribution in [0.1, 0.15) is 75.4 Å². The van der Waals surface area contributed by atoms with Crippen LogP contribution in [-0.2, 0) is 31.0 Å². The van der Waals surface area contributed by atoms with Gasteiger partial charge in [0.25, 0.3) is 0 Å². The van der Waals surface area contributed by atoms with E-state index in [9.17, 15) is 54.6 Å². The molecule has 0 bridgehead atoms. The smallest absolute Gasteiger partial charge is 0.342 e. The lowest BCUT2D eigenvalue weighted by molar-refractivity contribution is -0.214. The number of Topliss-reactive ketones (excluding diaryl/α,β-unsaturated/α-hetero) is 3. The zero-order valence-electron chi connectivity index (χ0n) is 28.0. The van der Waals surface area contributed by atoms with Crippen LogP contribution in [-0.4, -0.2) is 124 Å². The SMILES string of the molecule is COC(=O)c1c(C)c(N)c2c(c1O)[C@]1(O)C(=O)c3cc4c(c(O)c3C(=O)[C@]1(OC)[C@H](O)C2)C(=O)C=C(N[C@H]1O[C@@H](C)[C@H](OC)[C@@H](O)[C@H]1CO)C4=O. The Hall–Kier alpha value is -4.75. The summed E-state index contributed by atoms with van der Waals surface area (Å²) in [6, 6.07) is 0.803. The van der Waals surface area contributed by atoms with Crippen LogP contribution in [0.15, 0.2) is 17.8 Å². The first-order valence-corrected chi connectivity index (χ1v) is 15.7. The Kier molecular flexibility index (Phi) is 8.62. The number of ketones is 4. The number of carbonyl (C=O) groups is 5. The minimum atomic E-state index is -3.33. The molecule has 8 atom stereocenters. The zero-order chi connectivity index (χ0) is 37.6. The highest BCUT2D eigenvalue weighted by Gasteiger charge is 2.73. The van der Waals surface area contributed by atoms with Gasteiger partial charge in [-0.2, -0.15) is 0 Å². The van der Waals surface area contributed by atoms with E-state index in [4.69, 9.17) is 24.7 Å². The number of fused-ring (bicyclic) bond motifs is 5. The van der Waals surface area contributed by atoms with Gasteiger partial charge in [-0.3, -0.25) is 19.2 Å². The van der Waals surface area contributed by atoms with E-state index < -0.39 is 140 Å². The number of carbonyl (C=O) groups excluding carboxylic acids is 5. The van der Waals surface area contributed by atoms with Crippen molar-refractivity contribution in [1.29, 1.82) is 0 Å². The van der Waals surface area contributed by atoms with Gasteiger partial charge in [0.2, 0.25) is 17.3 Å². The summed E-state index contributed by atoms with van der Waals surface area (Å²) in [6.07, 6.45) is -5.89. The molecule has 17 heteroatoms. The maximum absolute atomic E-state index is 14.6. The first-order chi connectivity index (χ1) is 24.0. The van der Waals surface area contributed by atoms with Crippen molar-refractivity contribution in [1.82, 2.24) is 5.32 Å². The first-order valence-electron chi connectivity index (χ1n) is 15.7. The Morgan fingerprint density at radius 2 is 1.73 bits per heavy atom. The number of hydrogen-bond acceptors (Lipinski definition) is 17. The van der Waals surface area contributed by atoms with Crippen LogP contribution in [0.2, 0.25) is 0 Å². The molecule has 3 aliphatic carbocycles. The molecule has 2 aromatic rings. The normalized spacial score (nSPS) is 31.3. The summed E-state index contributed by atoms with van der Waals surface area (Å²) in [4.78, 5) is 69.3. The highest BCUT2D eigenvalue weighted by Crippen LogP contribution is 2.57. The highest BCUT2D eigenvalue weighted by molar-refractivity contribution is 6.31. The van der Waals surface area contributed by atoms with Crippen molar-refractivity contribution in [3.63, 3.8) is 0 Å². The third kappa shape index (κ3) is 4.49. The maximum Gasteiger partial charge on any atom is 0.342 e. The molecule has 0 aromatic heterocycles. The number of aliphatic hydroxyl groups is 4. The van der Waals surface area contributed by atoms with E-state index in [1.807, 2.05) is 0 Å². The average Bonchev–Trinajstić information content (AvgIpc) is 3.08. The number of methoxy groups -OCH3 is 3. The second-order valence-corrected chi connectivity index (χ2v) is 12.9.